The first-order valence-electron chi connectivity index (χ1n) is 9.81. The number of hydrogen-bond acceptors (Lipinski definition) is 6. The molecule has 0 atom stereocenters. The van der Waals surface area contributed by atoms with E-state index in [9.17, 15) is 19.2 Å². The number of amides is 3. The number of hydrogen-bond donors (Lipinski definition) is 1. The Kier molecular flexibility index (Phi) is 5.99. The number of nitrogens with zero attached hydrogens (tertiary/aromatic N) is 2. The van der Waals surface area contributed by atoms with Gasteiger partial charge in [0.2, 0.25) is 5.91 Å². The lowest BCUT2D eigenvalue weighted by Gasteiger charge is -2.12. The number of benzene rings is 2. The van der Waals surface area contributed by atoms with E-state index in [1.165, 1.54) is 16.2 Å². The van der Waals surface area contributed by atoms with Crippen LogP contribution in [0.15, 0.2) is 60.8 Å². The van der Waals surface area contributed by atoms with Crippen LogP contribution in [0.4, 0.5) is 5.13 Å². The molecule has 3 amide bonds. The molecule has 1 aliphatic rings. The first kappa shape index (κ1) is 20.6. The molecule has 2 heterocycles. The average Bonchev–Trinajstić information content (AvgIpc) is 3.33. The second-order valence-corrected chi connectivity index (χ2v) is 8.14. The second kappa shape index (κ2) is 9.01. The second-order valence-electron chi connectivity index (χ2n) is 7.03. The van der Waals surface area contributed by atoms with Gasteiger partial charge >= 0.3 is 0 Å². The first-order chi connectivity index (χ1) is 15.0. The highest BCUT2D eigenvalue weighted by Gasteiger charge is 2.34. The molecular formula is C23H19N3O4S. The number of Topliss-reactive ketones (excluding diaryl/α,β-unsaturated/α-hetero) is 1. The molecule has 4 rings (SSSR count). The molecule has 0 unspecified atom stereocenters. The zero-order valence-electron chi connectivity index (χ0n) is 16.5. The van der Waals surface area contributed by atoms with Gasteiger partial charge in [-0.15, -0.1) is 11.3 Å². The SMILES string of the molecule is O=C(CCC(=O)c1ccccc1)Nc1ncc(CCN2C(=O)c3ccccc3C2=O)s1. The minimum absolute atomic E-state index is 0.0671. The van der Waals surface area contributed by atoms with Gasteiger partial charge in [-0.1, -0.05) is 42.5 Å². The number of fused-ring (bicyclic) bond motifs is 1. The van der Waals surface area contributed by atoms with Gasteiger partial charge in [-0.05, 0) is 12.1 Å². The molecule has 1 aliphatic heterocycles. The fraction of sp³-hybridized carbons (Fsp3) is 0.174. The molecule has 0 saturated carbocycles. The molecule has 31 heavy (non-hydrogen) atoms. The number of aromatic nitrogens is 1. The first-order valence-corrected chi connectivity index (χ1v) is 10.6. The monoisotopic (exact) mass is 433 g/mol. The van der Waals surface area contributed by atoms with E-state index in [2.05, 4.69) is 10.3 Å². The summed E-state index contributed by atoms with van der Waals surface area (Å²) in [5.41, 5.74) is 1.43. The quantitative estimate of drug-likeness (QED) is 0.433. The van der Waals surface area contributed by atoms with Crippen molar-refractivity contribution in [3.8, 4) is 0 Å². The van der Waals surface area contributed by atoms with Crippen molar-refractivity contribution < 1.29 is 19.2 Å². The van der Waals surface area contributed by atoms with Crippen LogP contribution in [-0.4, -0.2) is 39.9 Å². The minimum Gasteiger partial charge on any atom is -0.302 e. The predicted octanol–water partition coefficient (Wildman–Crippen LogP) is 3.58. The summed E-state index contributed by atoms with van der Waals surface area (Å²) >= 11 is 1.28. The number of carbonyl (C=O) groups is 4. The van der Waals surface area contributed by atoms with Crippen LogP contribution < -0.4 is 5.32 Å². The highest BCUT2D eigenvalue weighted by Crippen LogP contribution is 2.24. The molecule has 1 aromatic heterocycles. The Bertz CT molecular complexity index is 1120. The van der Waals surface area contributed by atoms with E-state index >= 15 is 0 Å². The maximum Gasteiger partial charge on any atom is 0.261 e. The Balaban J connectivity index is 1.27. The number of rotatable bonds is 8. The van der Waals surface area contributed by atoms with Crippen molar-refractivity contribution in [2.75, 3.05) is 11.9 Å². The van der Waals surface area contributed by atoms with Crippen LogP contribution in [-0.2, 0) is 11.2 Å². The lowest BCUT2D eigenvalue weighted by atomic mass is 10.1. The number of ketones is 1. The summed E-state index contributed by atoms with van der Waals surface area (Å²) in [5.74, 6) is -0.953. The van der Waals surface area contributed by atoms with Gasteiger partial charge in [0.15, 0.2) is 10.9 Å². The van der Waals surface area contributed by atoms with Crippen LogP contribution in [0.3, 0.4) is 0 Å². The Morgan fingerprint density at radius 3 is 2.23 bits per heavy atom. The standard InChI is InChI=1S/C23H19N3O4S/c27-19(15-6-2-1-3-7-15)10-11-20(28)25-23-24-14-16(31-23)12-13-26-21(29)17-8-4-5-9-18(17)22(26)30/h1-9,14H,10-13H2,(H,24,25,28). The zero-order valence-corrected chi connectivity index (χ0v) is 17.4. The third-order valence-corrected chi connectivity index (χ3v) is 5.91. The van der Waals surface area contributed by atoms with E-state index in [0.717, 1.165) is 4.88 Å². The summed E-state index contributed by atoms with van der Waals surface area (Å²) in [6.07, 6.45) is 2.25. The van der Waals surface area contributed by atoms with Crippen LogP contribution in [0.1, 0.15) is 48.8 Å². The maximum absolute atomic E-state index is 12.4. The van der Waals surface area contributed by atoms with E-state index in [0.29, 0.717) is 28.2 Å². The largest absolute Gasteiger partial charge is 0.302 e. The van der Waals surface area contributed by atoms with Crippen molar-refractivity contribution in [2.45, 2.75) is 19.3 Å². The highest BCUT2D eigenvalue weighted by molar-refractivity contribution is 7.15. The molecule has 1 N–H and O–H groups in total. The van der Waals surface area contributed by atoms with E-state index in [1.54, 1.807) is 54.7 Å². The van der Waals surface area contributed by atoms with Gasteiger partial charge < -0.3 is 5.32 Å². The number of thiazole rings is 1. The van der Waals surface area contributed by atoms with Gasteiger partial charge in [0, 0.05) is 42.4 Å². The van der Waals surface area contributed by atoms with Crippen molar-refractivity contribution in [1.82, 2.24) is 9.88 Å². The molecule has 0 bridgehead atoms. The van der Waals surface area contributed by atoms with Crippen LogP contribution in [0, 0.1) is 0 Å². The van der Waals surface area contributed by atoms with Gasteiger partial charge in [-0.3, -0.25) is 24.1 Å². The summed E-state index contributed by atoms with van der Waals surface area (Å²) in [7, 11) is 0. The zero-order chi connectivity index (χ0) is 21.8. The van der Waals surface area contributed by atoms with Gasteiger partial charge in [0.25, 0.3) is 11.8 Å². The summed E-state index contributed by atoms with van der Waals surface area (Å²) in [6, 6.07) is 15.6. The smallest absolute Gasteiger partial charge is 0.261 e. The normalized spacial score (nSPS) is 12.7. The Labute approximate surface area is 182 Å². The van der Waals surface area contributed by atoms with E-state index in [4.69, 9.17) is 0 Å². The molecule has 0 saturated heterocycles. The fourth-order valence-electron chi connectivity index (χ4n) is 3.32. The van der Waals surface area contributed by atoms with Crippen LogP contribution in [0.2, 0.25) is 0 Å². The topological polar surface area (TPSA) is 96.4 Å². The number of nitrogens with one attached hydrogen (secondary N) is 1. The van der Waals surface area contributed by atoms with Crippen molar-refractivity contribution in [1.29, 1.82) is 0 Å². The number of imide groups is 1. The molecule has 0 fully saturated rings. The van der Waals surface area contributed by atoms with E-state index in [1.807, 2.05) is 6.07 Å². The summed E-state index contributed by atoms with van der Waals surface area (Å²) < 4.78 is 0. The van der Waals surface area contributed by atoms with E-state index in [-0.39, 0.29) is 42.9 Å². The molecule has 8 heteroatoms. The van der Waals surface area contributed by atoms with Crippen molar-refractivity contribution in [2.24, 2.45) is 0 Å². The predicted molar refractivity (Wildman–Crippen MR) is 116 cm³/mol. The average molecular weight is 433 g/mol. The maximum atomic E-state index is 12.4. The number of anilines is 1. The molecule has 3 aromatic rings. The third-order valence-electron chi connectivity index (χ3n) is 4.93. The highest BCUT2D eigenvalue weighted by atomic mass is 32.1. The third kappa shape index (κ3) is 4.59. The summed E-state index contributed by atoms with van der Waals surface area (Å²) in [5, 5.41) is 3.12. The van der Waals surface area contributed by atoms with Crippen LogP contribution in [0.5, 0.6) is 0 Å². The summed E-state index contributed by atoms with van der Waals surface area (Å²) in [6.45, 7) is 0.244. The van der Waals surface area contributed by atoms with Crippen molar-refractivity contribution in [3.63, 3.8) is 0 Å². The lowest BCUT2D eigenvalue weighted by Crippen LogP contribution is -2.31. The molecule has 0 spiro atoms. The van der Waals surface area contributed by atoms with Gasteiger partial charge in [0.1, 0.15) is 0 Å². The van der Waals surface area contributed by atoms with Gasteiger partial charge in [-0.25, -0.2) is 4.98 Å². The minimum atomic E-state index is -0.290. The Hall–Kier alpha value is -3.65. The van der Waals surface area contributed by atoms with E-state index < -0.39 is 0 Å². The van der Waals surface area contributed by atoms with Crippen LogP contribution >= 0.6 is 11.3 Å². The fourth-order valence-corrected chi connectivity index (χ4v) is 4.14. The lowest BCUT2D eigenvalue weighted by molar-refractivity contribution is -0.116. The van der Waals surface area contributed by atoms with Crippen molar-refractivity contribution in [3.05, 3.63) is 82.4 Å². The van der Waals surface area contributed by atoms with Crippen molar-refractivity contribution >= 4 is 40.0 Å². The van der Waals surface area contributed by atoms with Gasteiger partial charge in [0.05, 0.1) is 11.1 Å². The van der Waals surface area contributed by atoms with Crippen LogP contribution in [0.25, 0.3) is 0 Å². The molecule has 0 radical (unpaired) electrons. The van der Waals surface area contributed by atoms with Gasteiger partial charge in [-0.2, -0.15) is 0 Å². The molecule has 156 valence electrons. The molecular weight excluding hydrogens is 414 g/mol. The number of carbonyl (C=O) groups excluding carboxylic acids is 4. The Morgan fingerprint density at radius 1 is 0.903 bits per heavy atom. The molecule has 0 aliphatic carbocycles. The Morgan fingerprint density at radius 2 is 1.55 bits per heavy atom. The summed E-state index contributed by atoms with van der Waals surface area (Å²) in [4.78, 5) is 55.3. The molecule has 7 nitrogen and oxygen atoms in total. The molecule has 2 aromatic carbocycles.